The molecule has 0 radical (unpaired) electrons. The van der Waals surface area contributed by atoms with Crippen molar-refractivity contribution in [3.8, 4) is 0 Å². The van der Waals surface area contributed by atoms with Gasteiger partial charge in [0.05, 0.1) is 0 Å². The van der Waals surface area contributed by atoms with Gasteiger partial charge in [0.15, 0.2) is 0 Å². The summed E-state index contributed by atoms with van der Waals surface area (Å²) in [6.45, 7) is 2.49. The number of hydrogen-bond acceptors (Lipinski definition) is 2. The fourth-order valence-corrected chi connectivity index (χ4v) is 4.13. The maximum Gasteiger partial charge on any atom is 0.0308 e. The zero-order chi connectivity index (χ0) is 10.8. The van der Waals surface area contributed by atoms with E-state index in [0.29, 0.717) is 5.54 Å². The van der Waals surface area contributed by atoms with Crippen molar-refractivity contribution in [2.24, 2.45) is 5.92 Å². The summed E-state index contributed by atoms with van der Waals surface area (Å²) < 4.78 is 0. The first-order valence-corrected chi connectivity index (χ1v) is 7.36. The highest BCUT2D eigenvalue weighted by atomic mass is 15.1. The lowest BCUT2D eigenvalue weighted by Gasteiger charge is -2.41. The van der Waals surface area contributed by atoms with Gasteiger partial charge in [0, 0.05) is 18.1 Å². The minimum Gasteiger partial charge on any atom is -0.315 e. The Morgan fingerprint density at radius 1 is 0.875 bits per heavy atom. The predicted molar refractivity (Wildman–Crippen MR) is 67.6 cm³/mol. The standard InChI is InChI=1S/C14H26N2/c1-4-8-14(9-5-1)11-15-10-12-6-2-3-7-13(12)16-14/h12-13,15-16H,1-11H2. The van der Waals surface area contributed by atoms with Crippen LogP contribution in [0.4, 0.5) is 0 Å². The predicted octanol–water partition coefficient (Wildman–Crippen LogP) is 2.44. The van der Waals surface area contributed by atoms with E-state index >= 15 is 0 Å². The largest absolute Gasteiger partial charge is 0.315 e. The van der Waals surface area contributed by atoms with E-state index in [1.807, 2.05) is 0 Å². The molecule has 2 saturated carbocycles. The van der Waals surface area contributed by atoms with Crippen molar-refractivity contribution in [3.63, 3.8) is 0 Å². The number of fused-ring (bicyclic) bond motifs is 1. The van der Waals surface area contributed by atoms with Crippen LogP contribution in [0.1, 0.15) is 57.8 Å². The number of hydrogen-bond donors (Lipinski definition) is 2. The molecule has 2 aliphatic carbocycles. The van der Waals surface area contributed by atoms with Gasteiger partial charge in [-0.2, -0.15) is 0 Å². The quantitative estimate of drug-likeness (QED) is 0.658. The number of rotatable bonds is 0. The molecule has 16 heavy (non-hydrogen) atoms. The van der Waals surface area contributed by atoms with Gasteiger partial charge in [-0.25, -0.2) is 0 Å². The Bertz CT molecular complexity index is 233. The van der Waals surface area contributed by atoms with Crippen LogP contribution in [0.5, 0.6) is 0 Å². The molecule has 3 fully saturated rings. The molecular formula is C14H26N2. The van der Waals surface area contributed by atoms with E-state index in [-0.39, 0.29) is 0 Å². The van der Waals surface area contributed by atoms with Crippen molar-refractivity contribution in [1.29, 1.82) is 0 Å². The molecule has 3 aliphatic rings. The van der Waals surface area contributed by atoms with E-state index in [4.69, 9.17) is 0 Å². The summed E-state index contributed by atoms with van der Waals surface area (Å²) in [5, 5.41) is 7.82. The molecule has 0 bridgehead atoms. The monoisotopic (exact) mass is 222 g/mol. The van der Waals surface area contributed by atoms with Gasteiger partial charge in [-0.3, -0.25) is 0 Å². The first-order valence-electron chi connectivity index (χ1n) is 7.36. The molecule has 0 amide bonds. The normalized spacial score (nSPS) is 39.0. The zero-order valence-electron chi connectivity index (χ0n) is 10.4. The average molecular weight is 222 g/mol. The van der Waals surface area contributed by atoms with Crippen molar-refractivity contribution >= 4 is 0 Å². The van der Waals surface area contributed by atoms with E-state index < -0.39 is 0 Å². The number of nitrogens with one attached hydrogen (secondary N) is 2. The maximum atomic E-state index is 4.07. The zero-order valence-corrected chi connectivity index (χ0v) is 10.4. The van der Waals surface area contributed by atoms with Gasteiger partial charge in [0.2, 0.25) is 0 Å². The molecule has 2 heteroatoms. The summed E-state index contributed by atoms with van der Waals surface area (Å²) in [5.41, 5.74) is 0.467. The Balaban J connectivity index is 1.71. The third-order valence-electron chi connectivity index (χ3n) is 5.08. The summed E-state index contributed by atoms with van der Waals surface area (Å²) in [7, 11) is 0. The van der Waals surface area contributed by atoms with Gasteiger partial charge in [0.1, 0.15) is 0 Å². The van der Waals surface area contributed by atoms with Crippen LogP contribution in [0.2, 0.25) is 0 Å². The highest BCUT2D eigenvalue weighted by Gasteiger charge is 2.38. The van der Waals surface area contributed by atoms with E-state index in [1.54, 1.807) is 0 Å². The molecule has 0 aromatic heterocycles. The third kappa shape index (κ3) is 2.14. The van der Waals surface area contributed by atoms with Gasteiger partial charge in [-0.05, 0) is 38.1 Å². The smallest absolute Gasteiger partial charge is 0.0308 e. The molecule has 2 unspecified atom stereocenters. The highest BCUT2D eigenvalue weighted by molar-refractivity contribution is 5.00. The van der Waals surface area contributed by atoms with Crippen molar-refractivity contribution in [2.45, 2.75) is 69.4 Å². The van der Waals surface area contributed by atoms with E-state index in [1.165, 1.54) is 70.9 Å². The van der Waals surface area contributed by atoms with Crippen molar-refractivity contribution in [1.82, 2.24) is 10.6 Å². The van der Waals surface area contributed by atoms with E-state index in [0.717, 1.165) is 12.0 Å². The van der Waals surface area contributed by atoms with Crippen LogP contribution in [0.3, 0.4) is 0 Å². The second-order valence-electron chi connectivity index (χ2n) is 6.27. The van der Waals surface area contributed by atoms with Gasteiger partial charge in [-0.15, -0.1) is 0 Å². The fraction of sp³-hybridized carbons (Fsp3) is 1.00. The van der Waals surface area contributed by atoms with Crippen LogP contribution >= 0.6 is 0 Å². The average Bonchev–Trinajstić information content (AvgIpc) is 2.49. The first-order chi connectivity index (χ1) is 7.88. The Kier molecular flexibility index (Phi) is 3.21. The summed E-state index contributed by atoms with van der Waals surface area (Å²) in [4.78, 5) is 0. The Labute approximate surface area is 99.6 Å². The molecule has 2 atom stereocenters. The summed E-state index contributed by atoms with van der Waals surface area (Å²) in [5.74, 6) is 0.912. The molecule has 2 nitrogen and oxygen atoms in total. The van der Waals surface area contributed by atoms with Crippen LogP contribution in [0.25, 0.3) is 0 Å². The molecule has 92 valence electrons. The molecule has 0 aromatic carbocycles. The molecule has 1 spiro atoms. The molecule has 2 N–H and O–H groups in total. The lowest BCUT2D eigenvalue weighted by molar-refractivity contribution is 0.182. The topological polar surface area (TPSA) is 24.1 Å². The first kappa shape index (κ1) is 11.0. The lowest BCUT2D eigenvalue weighted by atomic mass is 9.79. The van der Waals surface area contributed by atoms with Gasteiger partial charge >= 0.3 is 0 Å². The van der Waals surface area contributed by atoms with Crippen LogP contribution in [-0.4, -0.2) is 24.7 Å². The summed E-state index contributed by atoms with van der Waals surface area (Å²) in [6, 6.07) is 0.821. The molecule has 0 aromatic rings. The minimum atomic E-state index is 0.467. The lowest BCUT2D eigenvalue weighted by Crippen LogP contribution is -2.55. The van der Waals surface area contributed by atoms with Crippen LogP contribution in [0.15, 0.2) is 0 Å². The second kappa shape index (κ2) is 4.66. The molecule has 1 aliphatic heterocycles. The SMILES string of the molecule is C1CCC2(CC1)CNCC1CCCCC1N2. The van der Waals surface area contributed by atoms with Gasteiger partial charge < -0.3 is 10.6 Å². The maximum absolute atomic E-state index is 4.07. The van der Waals surface area contributed by atoms with Gasteiger partial charge in [-0.1, -0.05) is 32.1 Å². The third-order valence-corrected chi connectivity index (χ3v) is 5.08. The van der Waals surface area contributed by atoms with Gasteiger partial charge in [0.25, 0.3) is 0 Å². The van der Waals surface area contributed by atoms with Crippen LogP contribution in [0, 0.1) is 5.92 Å². The summed E-state index contributed by atoms with van der Waals surface area (Å²) >= 11 is 0. The Hall–Kier alpha value is -0.0800. The van der Waals surface area contributed by atoms with Crippen molar-refractivity contribution in [2.75, 3.05) is 13.1 Å². The van der Waals surface area contributed by atoms with E-state index in [2.05, 4.69) is 10.6 Å². The Morgan fingerprint density at radius 3 is 2.56 bits per heavy atom. The molecular weight excluding hydrogens is 196 g/mol. The van der Waals surface area contributed by atoms with Crippen LogP contribution < -0.4 is 10.6 Å². The molecule has 3 rings (SSSR count). The second-order valence-corrected chi connectivity index (χ2v) is 6.27. The van der Waals surface area contributed by atoms with Crippen molar-refractivity contribution in [3.05, 3.63) is 0 Å². The Morgan fingerprint density at radius 2 is 1.69 bits per heavy atom. The summed E-state index contributed by atoms with van der Waals surface area (Å²) in [6.07, 6.45) is 12.9. The molecule has 1 saturated heterocycles. The van der Waals surface area contributed by atoms with E-state index in [9.17, 15) is 0 Å². The fourth-order valence-electron chi connectivity index (χ4n) is 4.13. The van der Waals surface area contributed by atoms with Crippen LogP contribution in [-0.2, 0) is 0 Å². The van der Waals surface area contributed by atoms with Crippen molar-refractivity contribution < 1.29 is 0 Å². The molecule has 1 heterocycles. The minimum absolute atomic E-state index is 0.467. The highest BCUT2D eigenvalue weighted by Crippen LogP contribution is 2.33.